The lowest BCUT2D eigenvalue weighted by Crippen LogP contribution is -2.01. The van der Waals surface area contributed by atoms with Crippen LogP contribution in [0.15, 0.2) is 51.4 Å². The molecule has 0 atom stereocenters. The maximum absolute atomic E-state index is 12.2. The predicted octanol–water partition coefficient (Wildman–Crippen LogP) is 5.10. The molecule has 0 aliphatic carbocycles. The maximum Gasteiger partial charge on any atom is 0.194 e. The molecule has 86 valence electrons. The SMILES string of the molecule is O=C(c1ccc(Cl)cc1)c1ccc(Br)cc1Br. The van der Waals surface area contributed by atoms with E-state index in [-0.39, 0.29) is 5.78 Å². The zero-order chi connectivity index (χ0) is 12.4. The molecular weight excluding hydrogens is 367 g/mol. The van der Waals surface area contributed by atoms with Crippen LogP contribution in [0.1, 0.15) is 15.9 Å². The molecule has 0 bridgehead atoms. The molecule has 0 spiro atoms. The van der Waals surface area contributed by atoms with Crippen molar-refractivity contribution in [3.8, 4) is 0 Å². The first-order valence-corrected chi connectivity index (χ1v) is 6.79. The molecule has 0 aromatic heterocycles. The first-order valence-electron chi connectivity index (χ1n) is 4.83. The van der Waals surface area contributed by atoms with Gasteiger partial charge in [-0.25, -0.2) is 0 Å². The summed E-state index contributed by atoms with van der Waals surface area (Å²) in [4.78, 5) is 12.2. The quantitative estimate of drug-likeness (QED) is 0.669. The van der Waals surface area contributed by atoms with Gasteiger partial charge in [-0.15, -0.1) is 0 Å². The van der Waals surface area contributed by atoms with E-state index in [9.17, 15) is 4.79 Å². The van der Waals surface area contributed by atoms with Gasteiger partial charge in [0.15, 0.2) is 5.78 Å². The average molecular weight is 374 g/mol. The van der Waals surface area contributed by atoms with E-state index in [2.05, 4.69) is 31.9 Å². The van der Waals surface area contributed by atoms with Crippen molar-refractivity contribution in [2.45, 2.75) is 0 Å². The van der Waals surface area contributed by atoms with Gasteiger partial charge in [0.25, 0.3) is 0 Å². The van der Waals surface area contributed by atoms with Gasteiger partial charge in [-0.3, -0.25) is 4.79 Å². The predicted molar refractivity (Wildman–Crippen MR) is 76.7 cm³/mol. The highest BCUT2D eigenvalue weighted by molar-refractivity contribution is 9.11. The summed E-state index contributed by atoms with van der Waals surface area (Å²) < 4.78 is 1.70. The Bertz CT molecular complexity index is 564. The Morgan fingerprint density at radius 1 is 1.00 bits per heavy atom. The summed E-state index contributed by atoms with van der Waals surface area (Å²) in [5.41, 5.74) is 1.26. The molecule has 0 amide bonds. The molecule has 0 unspecified atom stereocenters. The molecule has 0 aliphatic rings. The highest BCUT2D eigenvalue weighted by atomic mass is 79.9. The van der Waals surface area contributed by atoms with Crippen LogP contribution in [-0.4, -0.2) is 5.78 Å². The van der Waals surface area contributed by atoms with E-state index < -0.39 is 0 Å². The van der Waals surface area contributed by atoms with E-state index in [1.54, 1.807) is 30.3 Å². The standard InChI is InChI=1S/C13H7Br2ClO/c14-9-3-6-11(12(15)7-9)13(17)8-1-4-10(16)5-2-8/h1-7H. The minimum atomic E-state index is -0.0268. The summed E-state index contributed by atoms with van der Waals surface area (Å²) in [7, 11) is 0. The second kappa shape index (κ2) is 5.34. The fourth-order valence-corrected chi connectivity index (χ4v) is 2.78. The lowest BCUT2D eigenvalue weighted by molar-refractivity contribution is 0.103. The molecule has 0 saturated heterocycles. The van der Waals surface area contributed by atoms with Crippen molar-refractivity contribution in [2.75, 3.05) is 0 Å². The number of hydrogen-bond donors (Lipinski definition) is 0. The number of hydrogen-bond acceptors (Lipinski definition) is 1. The highest BCUT2D eigenvalue weighted by Gasteiger charge is 2.12. The Hall–Kier alpha value is -0.640. The molecule has 0 aliphatic heterocycles. The van der Waals surface area contributed by atoms with Gasteiger partial charge in [0.05, 0.1) is 0 Å². The van der Waals surface area contributed by atoms with Gasteiger partial charge in [0.1, 0.15) is 0 Å². The Morgan fingerprint density at radius 2 is 1.65 bits per heavy atom. The summed E-state index contributed by atoms with van der Waals surface area (Å²) in [5, 5.41) is 0.622. The van der Waals surface area contributed by atoms with Crippen molar-refractivity contribution < 1.29 is 4.79 Å². The van der Waals surface area contributed by atoms with Crippen LogP contribution in [0.2, 0.25) is 5.02 Å². The van der Waals surface area contributed by atoms with E-state index in [0.29, 0.717) is 16.1 Å². The topological polar surface area (TPSA) is 17.1 Å². The van der Waals surface area contributed by atoms with E-state index in [0.717, 1.165) is 8.95 Å². The molecule has 0 N–H and O–H groups in total. The Kier molecular flexibility index (Phi) is 4.02. The van der Waals surface area contributed by atoms with Gasteiger partial charge in [0, 0.05) is 25.1 Å². The number of carbonyl (C=O) groups excluding carboxylic acids is 1. The summed E-state index contributed by atoms with van der Waals surface area (Å²) >= 11 is 12.5. The van der Waals surface area contributed by atoms with Crippen LogP contribution < -0.4 is 0 Å². The molecular formula is C13H7Br2ClO. The zero-order valence-corrected chi connectivity index (χ0v) is 12.5. The monoisotopic (exact) mass is 372 g/mol. The van der Waals surface area contributed by atoms with E-state index >= 15 is 0 Å². The van der Waals surface area contributed by atoms with Crippen LogP contribution in [0.5, 0.6) is 0 Å². The van der Waals surface area contributed by atoms with Crippen molar-refractivity contribution in [3.63, 3.8) is 0 Å². The molecule has 2 aromatic carbocycles. The second-order valence-electron chi connectivity index (χ2n) is 3.46. The maximum atomic E-state index is 12.2. The summed E-state index contributed by atoms with van der Waals surface area (Å²) in [6.45, 7) is 0. The van der Waals surface area contributed by atoms with Crippen molar-refractivity contribution in [2.24, 2.45) is 0 Å². The zero-order valence-electron chi connectivity index (χ0n) is 8.58. The van der Waals surface area contributed by atoms with Gasteiger partial charge >= 0.3 is 0 Å². The van der Waals surface area contributed by atoms with Crippen LogP contribution in [0, 0.1) is 0 Å². The van der Waals surface area contributed by atoms with E-state index in [4.69, 9.17) is 11.6 Å². The summed E-state index contributed by atoms with van der Waals surface area (Å²) in [5.74, 6) is -0.0268. The van der Waals surface area contributed by atoms with Crippen LogP contribution in [0.25, 0.3) is 0 Å². The van der Waals surface area contributed by atoms with E-state index in [1.807, 2.05) is 12.1 Å². The largest absolute Gasteiger partial charge is 0.289 e. The molecule has 2 rings (SSSR count). The molecule has 0 fully saturated rings. The number of carbonyl (C=O) groups is 1. The van der Waals surface area contributed by atoms with Crippen molar-refractivity contribution in [3.05, 3.63) is 67.6 Å². The fraction of sp³-hybridized carbons (Fsp3) is 0. The minimum Gasteiger partial charge on any atom is -0.289 e. The first kappa shape index (κ1) is 12.8. The summed E-state index contributed by atoms with van der Waals surface area (Å²) in [6, 6.07) is 12.3. The third-order valence-electron chi connectivity index (χ3n) is 2.28. The Labute approximate surface area is 121 Å². The lowest BCUT2D eigenvalue weighted by Gasteiger charge is -2.04. The Morgan fingerprint density at radius 3 is 2.24 bits per heavy atom. The number of benzene rings is 2. The van der Waals surface area contributed by atoms with Gasteiger partial charge in [-0.05, 0) is 58.4 Å². The minimum absolute atomic E-state index is 0.0268. The van der Waals surface area contributed by atoms with Crippen molar-refractivity contribution in [1.29, 1.82) is 0 Å². The molecule has 0 heterocycles. The van der Waals surface area contributed by atoms with Crippen molar-refractivity contribution >= 4 is 49.2 Å². The molecule has 17 heavy (non-hydrogen) atoms. The van der Waals surface area contributed by atoms with Gasteiger partial charge in [-0.1, -0.05) is 27.5 Å². The third kappa shape index (κ3) is 2.97. The number of rotatable bonds is 2. The molecule has 4 heteroatoms. The summed E-state index contributed by atoms with van der Waals surface area (Å²) in [6.07, 6.45) is 0. The highest BCUT2D eigenvalue weighted by Crippen LogP contribution is 2.24. The van der Waals surface area contributed by atoms with Gasteiger partial charge in [0.2, 0.25) is 0 Å². The van der Waals surface area contributed by atoms with Gasteiger partial charge < -0.3 is 0 Å². The lowest BCUT2D eigenvalue weighted by atomic mass is 10.0. The molecule has 0 radical (unpaired) electrons. The van der Waals surface area contributed by atoms with Crippen LogP contribution >= 0.6 is 43.5 Å². The van der Waals surface area contributed by atoms with Gasteiger partial charge in [-0.2, -0.15) is 0 Å². The normalized spacial score (nSPS) is 10.3. The first-order chi connectivity index (χ1) is 8.08. The molecule has 1 nitrogen and oxygen atoms in total. The van der Waals surface area contributed by atoms with Crippen molar-refractivity contribution in [1.82, 2.24) is 0 Å². The van der Waals surface area contributed by atoms with E-state index in [1.165, 1.54) is 0 Å². The molecule has 2 aromatic rings. The number of ketones is 1. The average Bonchev–Trinajstić information content (AvgIpc) is 2.29. The van der Waals surface area contributed by atoms with Crippen LogP contribution in [0.4, 0.5) is 0 Å². The fourth-order valence-electron chi connectivity index (χ4n) is 1.43. The number of halogens is 3. The second-order valence-corrected chi connectivity index (χ2v) is 5.67. The third-order valence-corrected chi connectivity index (χ3v) is 3.68. The van der Waals surface area contributed by atoms with Crippen LogP contribution in [0.3, 0.4) is 0 Å². The molecule has 0 saturated carbocycles. The smallest absolute Gasteiger partial charge is 0.194 e. The Balaban J connectivity index is 2.40. The van der Waals surface area contributed by atoms with Crippen LogP contribution in [-0.2, 0) is 0 Å².